The van der Waals surface area contributed by atoms with Crippen LogP contribution in [0.2, 0.25) is 0 Å². The minimum Gasteiger partial charge on any atom is -0.408 e. The molecule has 0 radical (unpaired) electrons. The fourth-order valence-electron chi connectivity index (χ4n) is 1.97. The Bertz CT molecular complexity index is 568. The number of aromatic nitrogens is 1. The van der Waals surface area contributed by atoms with E-state index in [2.05, 4.69) is 6.92 Å². The van der Waals surface area contributed by atoms with E-state index in [0.717, 1.165) is 30.3 Å². The highest BCUT2D eigenvalue weighted by Gasteiger charge is 2.10. The molecule has 92 valence electrons. The molecule has 4 heteroatoms. The Morgan fingerprint density at radius 2 is 2.24 bits per heavy atom. The maximum absolute atomic E-state index is 11.4. The molecule has 0 saturated heterocycles. The molecule has 0 aliphatic heterocycles. The number of rotatable bonds is 4. The van der Waals surface area contributed by atoms with Crippen LogP contribution in [0.15, 0.2) is 27.4 Å². The zero-order chi connectivity index (χ0) is 12.4. The first-order chi connectivity index (χ1) is 8.13. The summed E-state index contributed by atoms with van der Waals surface area (Å²) < 4.78 is 6.64. The van der Waals surface area contributed by atoms with Crippen LogP contribution in [-0.2, 0) is 7.05 Å². The van der Waals surface area contributed by atoms with E-state index in [1.807, 2.05) is 18.2 Å². The summed E-state index contributed by atoms with van der Waals surface area (Å²) in [6.07, 6.45) is 3.20. The van der Waals surface area contributed by atoms with E-state index in [1.54, 1.807) is 7.05 Å². The van der Waals surface area contributed by atoms with E-state index in [4.69, 9.17) is 10.2 Å². The number of nitrogens with two attached hydrogens (primary N) is 1. The summed E-state index contributed by atoms with van der Waals surface area (Å²) in [6.45, 7) is 2.14. The van der Waals surface area contributed by atoms with Crippen molar-refractivity contribution in [3.63, 3.8) is 0 Å². The second-order valence-electron chi connectivity index (χ2n) is 4.40. The normalized spacial score (nSPS) is 13.1. The number of benzene rings is 1. The fourth-order valence-corrected chi connectivity index (χ4v) is 1.97. The first-order valence-electron chi connectivity index (χ1n) is 5.98. The number of nitrogens with zero attached hydrogens (tertiary/aromatic N) is 1. The average molecular weight is 234 g/mol. The zero-order valence-corrected chi connectivity index (χ0v) is 10.3. The van der Waals surface area contributed by atoms with Crippen LogP contribution in [0, 0.1) is 0 Å². The van der Waals surface area contributed by atoms with Crippen molar-refractivity contribution in [2.45, 2.75) is 32.2 Å². The van der Waals surface area contributed by atoms with Crippen LogP contribution in [0.25, 0.3) is 11.1 Å². The van der Waals surface area contributed by atoms with Gasteiger partial charge < -0.3 is 10.2 Å². The number of unbranched alkanes of at least 4 members (excludes halogenated alkanes) is 1. The van der Waals surface area contributed by atoms with Gasteiger partial charge >= 0.3 is 5.76 Å². The molecule has 2 rings (SSSR count). The van der Waals surface area contributed by atoms with E-state index < -0.39 is 0 Å². The molecular formula is C13H18N2O2. The predicted octanol–water partition coefficient (Wildman–Crippen LogP) is 2.32. The SMILES string of the molecule is CCCCC(N)c1ccc2c(c1)oc(=O)n2C. The number of hydrogen-bond acceptors (Lipinski definition) is 3. The van der Waals surface area contributed by atoms with Crippen LogP contribution in [0.5, 0.6) is 0 Å². The second-order valence-corrected chi connectivity index (χ2v) is 4.40. The molecule has 0 bridgehead atoms. The lowest BCUT2D eigenvalue weighted by Gasteiger charge is -2.10. The number of oxazole rings is 1. The minimum absolute atomic E-state index is 0.0184. The highest BCUT2D eigenvalue weighted by atomic mass is 16.4. The van der Waals surface area contributed by atoms with Gasteiger partial charge in [-0.3, -0.25) is 4.57 Å². The molecule has 0 saturated carbocycles. The summed E-state index contributed by atoms with van der Waals surface area (Å²) in [5.41, 5.74) is 8.54. The molecule has 1 aromatic heterocycles. The number of fused-ring (bicyclic) bond motifs is 1. The molecule has 1 heterocycles. The van der Waals surface area contributed by atoms with E-state index in [1.165, 1.54) is 4.57 Å². The van der Waals surface area contributed by atoms with Crippen LogP contribution in [-0.4, -0.2) is 4.57 Å². The molecule has 1 aromatic carbocycles. The van der Waals surface area contributed by atoms with Gasteiger partial charge in [0, 0.05) is 13.1 Å². The quantitative estimate of drug-likeness (QED) is 0.883. The Labute approximate surface area is 100 Å². The second kappa shape index (κ2) is 4.75. The van der Waals surface area contributed by atoms with Gasteiger partial charge in [-0.15, -0.1) is 0 Å². The van der Waals surface area contributed by atoms with Crippen molar-refractivity contribution in [3.8, 4) is 0 Å². The molecule has 1 unspecified atom stereocenters. The summed E-state index contributed by atoms with van der Waals surface area (Å²) in [4.78, 5) is 11.4. The molecular weight excluding hydrogens is 216 g/mol. The number of hydrogen-bond donors (Lipinski definition) is 1. The van der Waals surface area contributed by atoms with Crippen LogP contribution >= 0.6 is 0 Å². The maximum Gasteiger partial charge on any atom is 0.419 e. The lowest BCUT2D eigenvalue weighted by molar-refractivity contribution is 0.527. The summed E-state index contributed by atoms with van der Waals surface area (Å²) >= 11 is 0. The van der Waals surface area contributed by atoms with Gasteiger partial charge in [0.1, 0.15) is 0 Å². The van der Waals surface area contributed by atoms with Crippen LogP contribution in [0.1, 0.15) is 37.8 Å². The van der Waals surface area contributed by atoms with E-state index in [0.29, 0.717) is 5.58 Å². The van der Waals surface area contributed by atoms with Crippen molar-refractivity contribution in [1.29, 1.82) is 0 Å². The smallest absolute Gasteiger partial charge is 0.408 e. The van der Waals surface area contributed by atoms with Gasteiger partial charge in [0.05, 0.1) is 5.52 Å². The molecule has 0 aliphatic carbocycles. The summed E-state index contributed by atoms with van der Waals surface area (Å²) in [7, 11) is 1.70. The largest absolute Gasteiger partial charge is 0.419 e. The van der Waals surface area contributed by atoms with E-state index >= 15 is 0 Å². The van der Waals surface area contributed by atoms with Gasteiger partial charge in [-0.05, 0) is 24.1 Å². The average Bonchev–Trinajstić information content (AvgIpc) is 2.61. The van der Waals surface area contributed by atoms with Crippen molar-refractivity contribution < 1.29 is 4.42 Å². The third kappa shape index (κ3) is 2.26. The van der Waals surface area contributed by atoms with Crippen molar-refractivity contribution in [2.75, 3.05) is 0 Å². The topological polar surface area (TPSA) is 61.2 Å². The monoisotopic (exact) mass is 234 g/mol. The van der Waals surface area contributed by atoms with Crippen LogP contribution < -0.4 is 11.5 Å². The van der Waals surface area contributed by atoms with Crippen molar-refractivity contribution in [2.24, 2.45) is 12.8 Å². The molecule has 2 N–H and O–H groups in total. The number of aryl methyl sites for hydroxylation is 1. The third-order valence-electron chi connectivity index (χ3n) is 3.11. The van der Waals surface area contributed by atoms with Crippen molar-refractivity contribution >= 4 is 11.1 Å². The molecule has 0 fully saturated rings. The lowest BCUT2D eigenvalue weighted by Crippen LogP contribution is -2.10. The van der Waals surface area contributed by atoms with Gasteiger partial charge in [-0.25, -0.2) is 4.79 Å². The Balaban J connectivity index is 2.34. The molecule has 17 heavy (non-hydrogen) atoms. The zero-order valence-electron chi connectivity index (χ0n) is 10.3. The Kier molecular flexibility index (Phi) is 3.33. The fraction of sp³-hybridized carbons (Fsp3) is 0.462. The third-order valence-corrected chi connectivity index (χ3v) is 3.11. The van der Waals surface area contributed by atoms with Crippen molar-refractivity contribution in [3.05, 3.63) is 34.3 Å². The molecule has 0 aliphatic rings. The molecule has 4 nitrogen and oxygen atoms in total. The molecule has 2 aromatic rings. The van der Waals surface area contributed by atoms with Gasteiger partial charge in [0.25, 0.3) is 0 Å². The minimum atomic E-state index is -0.334. The maximum atomic E-state index is 11.4. The van der Waals surface area contributed by atoms with Gasteiger partial charge in [-0.1, -0.05) is 25.8 Å². The molecule has 0 spiro atoms. The molecule has 1 atom stereocenters. The van der Waals surface area contributed by atoms with Gasteiger partial charge in [0.2, 0.25) is 0 Å². The molecule has 0 amide bonds. The highest BCUT2D eigenvalue weighted by molar-refractivity contribution is 5.73. The Morgan fingerprint density at radius 3 is 2.94 bits per heavy atom. The summed E-state index contributed by atoms with van der Waals surface area (Å²) in [6, 6.07) is 5.75. The van der Waals surface area contributed by atoms with Gasteiger partial charge in [0.15, 0.2) is 5.58 Å². The van der Waals surface area contributed by atoms with Crippen LogP contribution in [0.4, 0.5) is 0 Å². The predicted molar refractivity (Wildman–Crippen MR) is 67.9 cm³/mol. The first-order valence-corrected chi connectivity index (χ1v) is 5.98. The first kappa shape index (κ1) is 11.9. The van der Waals surface area contributed by atoms with Crippen molar-refractivity contribution in [1.82, 2.24) is 4.57 Å². The standard InChI is InChI=1S/C13H18N2O2/c1-3-4-5-10(14)9-6-7-11-12(8-9)17-13(16)15(11)2/h6-8,10H,3-5,14H2,1-2H3. The highest BCUT2D eigenvalue weighted by Crippen LogP contribution is 2.21. The van der Waals surface area contributed by atoms with Gasteiger partial charge in [-0.2, -0.15) is 0 Å². The summed E-state index contributed by atoms with van der Waals surface area (Å²) in [5.74, 6) is -0.334. The lowest BCUT2D eigenvalue weighted by atomic mass is 10.0. The Hall–Kier alpha value is -1.55. The summed E-state index contributed by atoms with van der Waals surface area (Å²) in [5, 5.41) is 0. The van der Waals surface area contributed by atoms with E-state index in [-0.39, 0.29) is 11.8 Å². The van der Waals surface area contributed by atoms with E-state index in [9.17, 15) is 4.79 Å². The Morgan fingerprint density at radius 1 is 1.47 bits per heavy atom. The van der Waals surface area contributed by atoms with Crippen LogP contribution in [0.3, 0.4) is 0 Å².